The average Bonchev–Trinajstić information content (AvgIpc) is 2.34. The summed E-state index contributed by atoms with van der Waals surface area (Å²) in [6.07, 6.45) is 1.21. The lowest BCUT2D eigenvalue weighted by Gasteiger charge is -2.20. The number of anilines is 1. The molecule has 0 saturated carbocycles. The third-order valence-electron chi connectivity index (χ3n) is 3.06. The zero-order valence-electron chi connectivity index (χ0n) is 12.2. The first-order chi connectivity index (χ1) is 8.59. The molecule has 0 aliphatic carbocycles. The Morgan fingerprint density at radius 2 is 1.61 bits per heavy atom. The van der Waals surface area contributed by atoms with Crippen molar-refractivity contribution in [3.8, 4) is 0 Å². The second-order valence-electron chi connectivity index (χ2n) is 5.16. The molecular weight excluding hydrogens is 222 g/mol. The van der Waals surface area contributed by atoms with Gasteiger partial charge in [0.2, 0.25) is 0 Å². The zero-order valence-corrected chi connectivity index (χ0v) is 12.2. The lowest BCUT2D eigenvalue weighted by atomic mass is 10.2. The molecule has 0 aromatic heterocycles. The number of benzene rings is 1. The Morgan fingerprint density at radius 1 is 0.944 bits per heavy atom. The van der Waals surface area contributed by atoms with Gasteiger partial charge in [-0.3, -0.25) is 0 Å². The van der Waals surface area contributed by atoms with Gasteiger partial charge in [-0.25, -0.2) is 0 Å². The topological polar surface area (TPSA) is 18.5 Å². The van der Waals surface area contributed by atoms with Crippen molar-refractivity contribution in [2.24, 2.45) is 0 Å². The number of hydrogen-bond donors (Lipinski definition) is 1. The van der Waals surface area contributed by atoms with Gasteiger partial charge >= 0.3 is 0 Å². The summed E-state index contributed by atoms with van der Waals surface area (Å²) >= 11 is 0. The summed E-state index contributed by atoms with van der Waals surface area (Å²) in [4.78, 5) is 4.51. The Hall–Kier alpha value is -1.06. The van der Waals surface area contributed by atoms with Crippen LogP contribution in [-0.2, 0) is 0 Å². The van der Waals surface area contributed by atoms with Crippen LogP contribution in [0.15, 0.2) is 24.3 Å². The molecule has 0 radical (unpaired) electrons. The van der Waals surface area contributed by atoms with E-state index in [1.165, 1.54) is 17.7 Å². The normalized spacial score (nSPS) is 10.9. The molecule has 1 rings (SSSR count). The van der Waals surface area contributed by atoms with E-state index in [-0.39, 0.29) is 0 Å². The van der Waals surface area contributed by atoms with Crippen LogP contribution in [0.2, 0.25) is 0 Å². The predicted molar refractivity (Wildman–Crippen MR) is 80.5 cm³/mol. The van der Waals surface area contributed by atoms with E-state index in [0.29, 0.717) is 0 Å². The van der Waals surface area contributed by atoms with Gasteiger partial charge in [0, 0.05) is 25.8 Å². The van der Waals surface area contributed by atoms with Gasteiger partial charge in [0.15, 0.2) is 0 Å². The Morgan fingerprint density at radius 3 is 2.22 bits per heavy atom. The maximum Gasteiger partial charge on any atom is 0.0364 e. The maximum absolute atomic E-state index is 3.48. The second-order valence-corrected chi connectivity index (χ2v) is 5.16. The monoisotopic (exact) mass is 249 g/mol. The molecule has 1 aromatic carbocycles. The number of aryl methyl sites for hydroxylation is 1. The molecule has 0 atom stereocenters. The first-order valence-electron chi connectivity index (χ1n) is 6.73. The van der Waals surface area contributed by atoms with E-state index in [0.717, 1.165) is 26.2 Å². The van der Waals surface area contributed by atoms with Crippen LogP contribution in [0, 0.1) is 6.92 Å². The van der Waals surface area contributed by atoms with Gasteiger partial charge in [-0.1, -0.05) is 17.7 Å². The summed E-state index contributed by atoms with van der Waals surface area (Å²) in [7, 11) is 6.38. The van der Waals surface area contributed by atoms with Crippen LogP contribution < -0.4 is 10.2 Å². The van der Waals surface area contributed by atoms with Crippen LogP contribution in [0.4, 0.5) is 5.69 Å². The van der Waals surface area contributed by atoms with E-state index in [2.05, 4.69) is 67.4 Å². The molecule has 0 fully saturated rings. The number of hydrogen-bond acceptors (Lipinski definition) is 3. The van der Waals surface area contributed by atoms with Crippen molar-refractivity contribution in [1.29, 1.82) is 0 Å². The van der Waals surface area contributed by atoms with Crippen LogP contribution in [0.25, 0.3) is 0 Å². The molecule has 0 heterocycles. The highest BCUT2D eigenvalue weighted by atomic mass is 15.1. The van der Waals surface area contributed by atoms with E-state index < -0.39 is 0 Å². The van der Waals surface area contributed by atoms with Crippen molar-refractivity contribution in [1.82, 2.24) is 10.2 Å². The molecule has 0 bridgehead atoms. The maximum atomic E-state index is 3.48. The molecule has 0 aliphatic rings. The Kier molecular flexibility index (Phi) is 6.76. The summed E-state index contributed by atoms with van der Waals surface area (Å²) in [6, 6.07) is 8.69. The predicted octanol–water partition coefficient (Wildman–Crippen LogP) is 1.97. The van der Waals surface area contributed by atoms with E-state index in [1.807, 2.05) is 0 Å². The van der Waals surface area contributed by atoms with Crippen molar-refractivity contribution < 1.29 is 0 Å². The molecule has 0 aliphatic heterocycles. The summed E-state index contributed by atoms with van der Waals surface area (Å²) in [5, 5.41) is 3.48. The SMILES string of the molecule is Cc1ccc(N(C)CCNCCCN(C)C)cc1. The molecule has 3 heteroatoms. The van der Waals surface area contributed by atoms with Crippen LogP contribution in [-0.4, -0.2) is 52.2 Å². The summed E-state index contributed by atoms with van der Waals surface area (Å²) in [5.74, 6) is 0. The minimum Gasteiger partial charge on any atom is -0.373 e. The smallest absolute Gasteiger partial charge is 0.0364 e. The van der Waals surface area contributed by atoms with Gasteiger partial charge < -0.3 is 15.1 Å². The highest BCUT2D eigenvalue weighted by molar-refractivity contribution is 5.46. The summed E-state index contributed by atoms with van der Waals surface area (Å²) < 4.78 is 0. The van der Waals surface area contributed by atoms with Crippen LogP contribution in [0.5, 0.6) is 0 Å². The van der Waals surface area contributed by atoms with Crippen LogP contribution >= 0.6 is 0 Å². The number of nitrogens with zero attached hydrogens (tertiary/aromatic N) is 2. The molecule has 0 unspecified atom stereocenters. The van der Waals surface area contributed by atoms with Crippen molar-refractivity contribution in [3.05, 3.63) is 29.8 Å². The highest BCUT2D eigenvalue weighted by Gasteiger charge is 1.99. The Bertz CT molecular complexity index is 319. The van der Waals surface area contributed by atoms with Crippen molar-refractivity contribution in [2.75, 3.05) is 52.2 Å². The second kappa shape index (κ2) is 8.11. The fourth-order valence-electron chi connectivity index (χ4n) is 1.82. The highest BCUT2D eigenvalue weighted by Crippen LogP contribution is 2.12. The van der Waals surface area contributed by atoms with E-state index in [4.69, 9.17) is 0 Å². The number of nitrogens with one attached hydrogen (secondary N) is 1. The standard InChI is InChI=1S/C15H27N3/c1-14-6-8-15(9-7-14)18(4)13-11-16-10-5-12-17(2)3/h6-9,16H,5,10-13H2,1-4H3. The van der Waals surface area contributed by atoms with Gasteiger partial charge in [0.25, 0.3) is 0 Å². The van der Waals surface area contributed by atoms with Gasteiger partial charge in [-0.15, -0.1) is 0 Å². The largest absolute Gasteiger partial charge is 0.373 e. The molecule has 1 N–H and O–H groups in total. The van der Waals surface area contributed by atoms with Gasteiger partial charge in [0.1, 0.15) is 0 Å². The van der Waals surface area contributed by atoms with Crippen molar-refractivity contribution in [2.45, 2.75) is 13.3 Å². The molecular formula is C15H27N3. The third kappa shape index (κ3) is 6.03. The molecule has 102 valence electrons. The van der Waals surface area contributed by atoms with E-state index in [1.54, 1.807) is 0 Å². The van der Waals surface area contributed by atoms with Crippen molar-refractivity contribution >= 4 is 5.69 Å². The Labute approximate surface area is 112 Å². The fourth-order valence-corrected chi connectivity index (χ4v) is 1.82. The quantitative estimate of drug-likeness (QED) is 0.711. The van der Waals surface area contributed by atoms with Crippen LogP contribution in [0.3, 0.4) is 0 Å². The van der Waals surface area contributed by atoms with E-state index in [9.17, 15) is 0 Å². The number of likely N-dealkylation sites (N-methyl/N-ethyl adjacent to an activating group) is 1. The number of rotatable bonds is 8. The van der Waals surface area contributed by atoms with Crippen LogP contribution in [0.1, 0.15) is 12.0 Å². The molecule has 0 saturated heterocycles. The fraction of sp³-hybridized carbons (Fsp3) is 0.600. The Balaban J connectivity index is 2.13. The first-order valence-corrected chi connectivity index (χ1v) is 6.73. The third-order valence-corrected chi connectivity index (χ3v) is 3.06. The van der Waals surface area contributed by atoms with Gasteiger partial charge in [-0.05, 0) is 52.7 Å². The lowest BCUT2D eigenvalue weighted by Crippen LogP contribution is -2.30. The molecule has 0 amide bonds. The van der Waals surface area contributed by atoms with Gasteiger partial charge in [-0.2, -0.15) is 0 Å². The minimum atomic E-state index is 1.04. The van der Waals surface area contributed by atoms with E-state index >= 15 is 0 Å². The van der Waals surface area contributed by atoms with Crippen molar-refractivity contribution in [3.63, 3.8) is 0 Å². The zero-order chi connectivity index (χ0) is 13.4. The first kappa shape index (κ1) is 15.0. The minimum absolute atomic E-state index is 1.04. The summed E-state index contributed by atoms with van der Waals surface area (Å²) in [6.45, 7) is 6.46. The van der Waals surface area contributed by atoms with Gasteiger partial charge in [0.05, 0.1) is 0 Å². The lowest BCUT2D eigenvalue weighted by molar-refractivity contribution is 0.395. The molecule has 3 nitrogen and oxygen atoms in total. The summed E-state index contributed by atoms with van der Waals surface area (Å²) in [5.41, 5.74) is 2.60. The molecule has 1 aromatic rings. The average molecular weight is 249 g/mol. The molecule has 18 heavy (non-hydrogen) atoms. The molecule has 0 spiro atoms.